The lowest BCUT2D eigenvalue weighted by molar-refractivity contribution is -0.122. The number of aromatic hydroxyl groups is 1. The normalized spacial score (nSPS) is 21.6. The summed E-state index contributed by atoms with van der Waals surface area (Å²) in [5.74, 6) is -1.81. The number of benzene rings is 4. The van der Waals surface area contributed by atoms with Crippen LogP contribution in [0.4, 0.5) is 5.69 Å². The van der Waals surface area contributed by atoms with E-state index >= 15 is 0 Å². The molecular formula is C45H50BNO7Si. The number of phenolic OH excluding ortho intramolecular Hbond substituents is 1. The zero-order valence-corrected chi connectivity index (χ0v) is 33.0. The first-order valence-corrected chi connectivity index (χ1v) is 21.2. The van der Waals surface area contributed by atoms with Gasteiger partial charge in [-0.15, -0.1) is 0 Å². The van der Waals surface area contributed by atoms with Crippen molar-refractivity contribution in [2.75, 3.05) is 18.1 Å². The Kier molecular flexibility index (Phi) is 11.2. The molecule has 3 aliphatic rings. The Morgan fingerprint density at radius 3 is 2.15 bits per heavy atom. The SMILES string of the molecule is CC/C(=C\c1ccc(O)cc1)CC[C@H]1OC[C@H]2C1=C(CO[Si](c1ccccc1)(c1ccccc1)C(C)(C)C)C[C@H]1C(=O)N(c3cccc(B(O)O)c3)C(=O)[C@H]12. The third-order valence-corrected chi connectivity index (χ3v) is 16.7. The second kappa shape index (κ2) is 15.9. The monoisotopic (exact) mass is 755 g/mol. The summed E-state index contributed by atoms with van der Waals surface area (Å²) < 4.78 is 14.1. The third kappa shape index (κ3) is 7.42. The van der Waals surface area contributed by atoms with Gasteiger partial charge in [0.05, 0.1) is 36.8 Å². The first-order valence-electron chi connectivity index (χ1n) is 19.3. The molecule has 284 valence electrons. The lowest BCUT2D eigenvalue weighted by Crippen LogP contribution is -2.66. The molecule has 4 atom stereocenters. The lowest BCUT2D eigenvalue weighted by Gasteiger charge is -2.44. The van der Waals surface area contributed by atoms with Crippen molar-refractivity contribution >= 4 is 54.8 Å². The molecule has 2 fully saturated rings. The van der Waals surface area contributed by atoms with Crippen LogP contribution in [-0.4, -0.2) is 61.7 Å². The van der Waals surface area contributed by atoms with E-state index in [4.69, 9.17) is 9.16 Å². The maximum atomic E-state index is 14.4. The molecule has 10 heteroatoms. The maximum absolute atomic E-state index is 14.4. The molecule has 1 aliphatic carbocycles. The zero-order chi connectivity index (χ0) is 38.9. The summed E-state index contributed by atoms with van der Waals surface area (Å²) in [7, 11) is -4.68. The minimum atomic E-state index is -2.95. The molecular weight excluding hydrogens is 705 g/mol. The molecule has 3 N–H and O–H groups in total. The first kappa shape index (κ1) is 38.7. The maximum Gasteiger partial charge on any atom is 0.488 e. The van der Waals surface area contributed by atoms with E-state index < -0.39 is 27.3 Å². The van der Waals surface area contributed by atoms with Crippen molar-refractivity contribution in [2.24, 2.45) is 17.8 Å². The van der Waals surface area contributed by atoms with Crippen LogP contribution in [0.25, 0.3) is 6.08 Å². The van der Waals surface area contributed by atoms with E-state index in [-0.39, 0.29) is 40.1 Å². The second-order valence-corrected chi connectivity index (χ2v) is 20.3. The predicted molar refractivity (Wildman–Crippen MR) is 220 cm³/mol. The summed E-state index contributed by atoms with van der Waals surface area (Å²) in [6, 6.07) is 34.6. The van der Waals surface area contributed by atoms with Crippen molar-refractivity contribution in [1.29, 1.82) is 0 Å². The molecule has 8 nitrogen and oxygen atoms in total. The highest BCUT2D eigenvalue weighted by atomic mass is 28.4. The first-order chi connectivity index (χ1) is 26.4. The van der Waals surface area contributed by atoms with Gasteiger partial charge in [0.2, 0.25) is 11.8 Å². The number of imide groups is 1. The Bertz CT molecular complexity index is 2040. The molecule has 0 unspecified atom stereocenters. The molecule has 0 saturated carbocycles. The summed E-state index contributed by atoms with van der Waals surface area (Å²) in [5.41, 5.74) is 4.94. The molecule has 2 aliphatic heterocycles. The zero-order valence-electron chi connectivity index (χ0n) is 32.0. The topological polar surface area (TPSA) is 117 Å². The predicted octanol–water partition coefficient (Wildman–Crippen LogP) is 5.74. The molecule has 0 radical (unpaired) electrons. The van der Waals surface area contributed by atoms with Gasteiger partial charge in [-0.05, 0) is 87.5 Å². The fourth-order valence-electron chi connectivity index (χ4n) is 9.12. The van der Waals surface area contributed by atoms with Gasteiger partial charge < -0.3 is 24.3 Å². The molecule has 0 bridgehead atoms. The van der Waals surface area contributed by atoms with Crippen LogP contribution in [0, 0.1) is 17.8 Å². The highest BCUT2D eigenvalue weighted by Gasteiger charge is 2.58. The number of carbonyl (C=O) groups excluding carboxylic acids is 2. The molecule has 4 aromatic carbocycles. The average Bonchev–Trinajstić information content (AvgIpc) is 3.72. The summed E-state index contributed by atoms with van der Waals surface area (Å²) in [6.07, 6.45) is 4.65. The Balaban J connectivity index is 1.27. The van der Waals surface area contributed by atoms with Crippen LogP contribution in [0.1, 0.15) is 58.9 Å². The number of nitrogens with zero attached hydrogens (tertiary/aromatic N) is 1. The van der Waals surface area contributed by atoms with Crippen LogP contribution >= 0.6 is 0 Å². The van der Waals surface area contributed by atoms with Crippen LogP contribution in [0.2, 0.25) is 5.04 Å². The molecule has 2 saturated heterocycles. The summed E-state index contributed by atoms with van der Waals surface area (Å²) >= 11 is 0. The Morgan fingerprint density at radius 2 is 1.55 bits per heavy atom. The molecule has 0 aromatic heterocycles. The van der Waals surface area contributed by atoms with Gasteiger partial charge in [-0.2, -0.15) is 0 Å². The fourth-order valence-corrected chi connectivity index (χ4v) is 13.7. The quantitative estimate of drug-likeness (QED) is 0.0960. The number of fused-ring (bicyclic) bond motifs is 3. The van der Waals surface area contributed by atoms with Crippen molar-refractivity contribution in [1.82, 2.24) is 0 Å². The average molecular weight is 756 g/mol. The third-order valence-electron chi connectivity index (χ3n) is 11.8. The van der Waals surface area contributed by atoms with E-state index in [1.807, 2.05) is 24.3 Å². The molecule has 7 rings (SSSR count). The number of allylic oxidation sites excluding steroid dienone is 1. The van der Waals surface area contributed by atoms with Gasteiger partial charge >= 0.3 is 7.12 Å². The van der Waals surface area contributed by atoms with Crippen LogP contribution in [0.5, 0.6) is 5.75 Å². The fraction of sp³-hybridized carbons (Fsp3) is 0.333. The van der Waals surface area contributed by atoms with E-state index in [1.165, 1.54) is 26.9 Å². The van der Waals surface area contributed by atoms with Crippen LogP contribution in [0.3, 0.4) is 0 Å². The second-order valence-electron chi connectivity index (χ2n) is 16.0. The van der Waals surface area contributed by atoms with Crippen molar-refractivity contribution < 1.29 is 33.9 Å². The lowest BCUT2D eigenvalue weighted by atomic mass is 9.69. The van der Waals surface area contributed by atoms with Gasteiger partial charge in [0.1, 0.15) is 5.75 Å². The smallest absolute Gasteiger partial charge is 0.488 e. The Morgan fingerprint density at radius 1 is 0.891 bits per heavy atom. The highest BCUT2D eigenvalue weighted by Crippen LogP contribution is 2.51. The number of anilines is 1. The van der Waals surface area contributed by atoms with Crippen LogP contribution in [0.15, 0.2) is 126 Å². The minimum Gasteiger partial charge on any atom is -0.508 e. The molecule has 0 spiro atoms. The van der Waals surface area contributed by atoms with Crippen molar-refractivity contribution in [3.05, 3.63) is 131 Å². The van der Waals surface area contributed by atoms with Crippen molar-refractivity contribution in [2.45, 2.75) is 64.5 Å². The number of ether oxygens (including phenoxy) is 1. The van der Waals surface area contributed by atoms with E-state index in [0.717, 1.165) is 29.6 Å². The van der Waals surface area contributed by atoms with E-state index in [1.54, 1.807) is 30.3 Å². The Hall–Kier alpha value is -4.58. The number of hydrogen-bond donors (Lipinski definition) is 3. The number of carbonyl (C=O) groups is 2. The summed E-state index contributed by atoms with van der Waals surface area (Å²) in [6.45, 7) is 9.52. The molecule has 4 aromatic rings. The number of hydrogen-bond acceptors (Lipinski definition) is 7. The molecule has 2 heterocycles. The van der Waals surface area contributed by atoms with Crippen LogP contribution < -0.4 is 20.7 Å². The standard InChI is InChI=1S/C45H50BNO7Si/c1-5-30(25-31-19-22-35(48)23-20-31)21-24-40-41-32(28-54-55(45(2,3)4,36-15-8-6-9-16-36)37-17-10-7-11-18-37)26-38-42(39(41)29-53-40)44(50)47(43(38)49)34-14-12-13-33(27-34)46(51)52/h6-20,22-23,25,27,38-40,42,48,51-52H,5,21,24,26,28-29H2,1-4H3/b30-25+/t38-,39+,40-,42-/m1/s1. The van der Waals surface area contributed by atoms with Crippen LogP contribution in [-0.2, 0) is 18.8 Å². The molecule has 2 amide bonds. The van der Waals surface area contributed by atoms with E-state index in [9.17, 15) is 24.7 Å². The summed E-state index contributed by atoms with van der Waals surface area (Å²) in [4.78, 5) is 30.0. The summed E-state index contributed by atoms with van der Waals surface area (Å²) in [5, 5.41) is 31.6. The van der Waals surface area contributed by atoms with Crippen molar-refractivity contribution in [3.63, 3.8) is 0 Å². The van der Waals surface area contributed by atoms with E-state index in [2.05, 4.69) is 82.3 Å². The Labute approximate surface area is 325 Å². The largest absolute Gasteiger partial charge is 0.508 e. The van der Waals surface area contributed by atoms with Gasteiger partial charge in [-0.3, -0.25) is 14.5 Å². The van der Waals surface area contributed by atoms with Gasteiger partial charge in [-0.25, -0.2) is 0 Å². The van der Waals surface area contributed by atoms with Gasteiger partial charge in [0, 0.05) is 5.92 Å². The number of rotatable bonds is 12. The van der Waals surface area contributed by atoms with Gasteiger partial charge in [0.25, 0.3) is 8.32 Å². The highest BCUT2D eigenvalue weighted by molar-refractivity contribution is 6.99. The number of amides is 2. The molecule has 55 heavy (non-hydrogen) atoms. The van der Waals surface area contributed by atoms with Gasteiger partial charge in [0.15, 0.2) is 0 Å². The van der Waals surface area contributed by atoms with E-state index in [0.29, 0.717) is 31.7 Å². The number of phenols is 1. The minimum absolute atomic E-state index is 0.211. The van der Waals surface area contributed by atoms with Gasteiger partial charge in [-0.1, -0.05) is 124 Å². The van der Waals surface area contributed by atoms with Crippen molar-refractivity contribution in [3.8, 4) is 5.75 Å².